The van der Waals surface area contributed by atoms with Gasteiger partial charge in [-0.05, 0) is 20.3 Å². The maximum Gasteiger partial charge on any atom is 0.0589 e. The molecule has 0 bridgehead atoms. The van der Waals surface area contributed by atoms with Gasteiger partial charge in [0.15, 0.2) is 0 Å². The third-order valence-electron chi connectivity index (χ3n) is 3.42. The number of hydrogen-bond acceptors (Lipinski definition) is 3. The maximum atomic E-state index is 5.16. The van der Waals surface area contributed by atoms with Crippen LogP contribution in [0.1, 0.15) is 27.2 Å². The second kappa shape index (κ2) is 6.46. The van der Waals surface area contributed by atoms with Gasteiger partial charge in [-0.3, -0.25) is 9.80 Å². The summed E-state index contributed by atoms with van der Waals surface area (Å²) < 4.78 is 5.16. The molecule has 3 heteroatoms. The molecule has 90 valence electrons. The van der Waals surface area contributed by atoms with E-state index in [2.05, 4.69) is 30.6 Å². The van der Waals surface area contributed by atoms with Crippen molar-refractivity contribution < 1.29 is 4.74 Å². The highest BCUT2D eigenvalue weighted by Crippen LogP contribution is 2.14. The Balaban J connectivity index is 2.41. The molecule has 0 aromatic rings. The first-order chi connectivity index (χ1) is 7.19. The van der Waals surface area contributed by atoms with Crippen molar-refractivity contribution in [3.63, 3.8) is 0 Å². The van der Waals surface area contributed by atoms with E-state index in [-0.39, 0.29) is 0 Å². The van der Waals surface area contributed by atoms with E-state index in [1.165, 1.54) is 26.1 Å². The maximum absolute atomic E-state index is 5.16. The molecule has 3 nitrogen and oxygen atoms in total. The van der Waals surface area contributed by atoms with Crippen LogP contribution in [0.3, 0.4) is 0 Å². The van der Waals surface area contributed by atoms with Gasteiger partial charge >= 0.3 is 0 Å². The summed E-state index contributed by atoms with van der Waals surface area (Å²) in [5.41, 5.74) is 0. The van der Waals surface area contributed by atoms with E-state index in [0.717, 1.165) is 19.2 Å². The standard InChI is InChI=1S/C12H26N2O/c1-5-12-10-14(11(2)3)7-6-13(12)8-9-15-4/h11-12H,5-10H2,1-4H3/t12-/m1/s1. The van der Waals surface area contributed by atoms with E-state index in [1.54, 1.807) is 7.11 Å². The number of nitrogens with zero attached hydrogens (tertiary/aromatic N) is 2. The lowest BCUT2D eigenvalue weighted by atomic mass is 10.1. The fourth-order valence-electron chi connectivity index (χ4n) is 2.28. The summed E-state index contributed by atoms with van der Waals surface area (Å²) in [5, 5.41) is 0. The van der Waals surface area contributed by atoms with Crippen molar-refractivity contribution in [2.75, 3.05) is 39.9 Å². The van der Waals surface area contributed by atoms with Crippen LogP contribution in [0.15, 0.2) is 0 Å². The largest absolute Gasteiger partial charge is 0.383 e. The van der Waals surface area contributed by atoms with Gasteiger partial charge in [0.2, 0.25) is 0 Å². The summed E-state index contributed by atoms with van der Waals surface area (Å²) >= 11 is 0. The lowest BCUT2D eigenvalue weighted by molar-refractivity contribution is 0.0369. The molecule has 0 saturated carbocycles. The highest BCUT2D eigenvalue weighted by Gasteiger charge is 2.26. The lowest BCUT2D eigenvalue weighted by Gasteiger charge is -2.42. The molecule has 0 unspecified atom stereocenters. The normalized spacial score (nSPS) is 25.0. The molecule has 1 aliphatic rings. The molecule has 1 atom stereocenters. The monoisotopic (exact) mass is 214 g/mol. The predicted molar refractivity (Wildman–Crippen MR) is 64.2 cm³/mol. The van der Waals surface area contributed by atoms with Gasteiger partial charge in [0.05, 0.1) is 6.61 Å². The molecule has 1 heterocycles. The molecular weight excluding hydrogens is 188 g/mol. The van der Waals surface area contributed by atoms with Gasteiger partial charge in [-0.1, -0.05) is 6.92 Å². The first-order valence-corrected chi connectivity index (χ1v) is 6.16. The Morgan fingerprint density at radius 1 is 1.33 bits per heavy atom. The van der Waals surface area contributed by atoms with Crippen molar-refractivity contribution in [3.8, 4) is 0 Å². The number of methoxy groups -OCH3 is 1. The molecule has 0 aromatic heterocycles. The second-order valence-electron chi connectivity index (χ2n) is 4.68. The van der Waals surface area contributed by atoms with Crippen LogP contribution in [0.4, 0.5) is 0 Å². The number of piperazine rings is 1. The van der Waals surface area contributed by atoms with E-state index in [4.69, 9.17) is 4.74 Å². The van der Waals surface area contributed by atoms with Crippen LogP contribution >= 0.6 is 0 Å². The summed E-state index contributed by atoms with van der Waals surface area (Å²) in [5.74, 6) is 0. The molecule has 0 spiro atoms. The third kappa shape index (κ3) is 3.74. The van der Waals surface area contributed by atoms with Gasteiger partial charge in [0, 0.05) is 45.4 Å². The minimum absolute atomic E-state index is 0.684. The smallest absolute Gasteiger partial charge is 0.0589 e. The molecular formula is C12H26N2O. The van der Waals surface area contributed by atoms with Crippen LogP contribution in [-0.4, -0.2) is 61.8 Å². The van der Waals surface area contributed by atoms with Gasteiger partial charge in [0.1, 0.15) is 0 Å². The highest BCUT2D eigenvalue weighted by molar-refractivity contribution is 4.82. The second-order valence-corrected chi connectivity index (χ2v) is 4.68. The van der Waals surface area contributed by atoms with Crippen LogP contribution in [0.25, 0.3) is 0 Å². The Morgan fingerprint density at radius 2 is 2.07 bits per heavy atom. The van der Waals surface area contributed by atoms with Crippen molar-refractivity contribution in [1.82, 2.24) is 9.80 Å². The summed E-state index contributed by atoms with van der Waals surface area (Å²) in [4.78, 5) is 5.15. The van der Waals surface area contributed by atoms with E-state index in [9.17, 15) is 0 Å². The minimum Gasteiger partial charge on any atom is -0.383 e. The zero-order valence-electron chi connectivity index (χ0n) is 10.7. The minimum atomic E-state index is 0.684. The molecule has 0 N–H and O–H groups in total. The highest BCUT2D eigenvalue weighted by atomic mass is 16.5. The molecule has 0 aliphatic carbocycles. The Hall–Kier alpha value is -0.120. The van der Waals surface area contributed by atoms with Crippen LogP contribution < -0.4 is 0 Å². The first-order valence-electron chi connectivity index (χ1n) is 6.16. The Labute approximate surface area is 94.4 Å². The molecule has 1 fully saturated rings. The summed E-state index contributed by atoms with van der Waals surface area (Å²) in [6.07, 6.45) is 1.24. The Morgan fingerprint density at radius 3 is 2.60 bits per heavy atom. The van der Waals surface area contributed by atoms with Crippen molar-refractivity contribution in [2.45, 2.75) is 39.3 Å². The SMILES string of the molecule is CC[C@@H]1CN(C(C)C)CCN1CCOC. The zero-order chi connectivity index (χ0) is 11.3. The topological polar surface area (TPSA) is 15.7 Å². The van der Waals surface area contributed by atoms with E-state index in [1.807, 2.05) is 0 Å². The number of rotatable bonds is 5. The molecule has 0 radical (unpaired) electrons. The fraction of sp³-hybridized carbons (Fsp3) is 1.00. The molecule has 1 aliphatic heterocycles. The molecule has 15 heavy (non-hydrogen) atoms. The van der Waals surface area contributed by atoms with Crippen LogP contribution in [0.2, 0.25) is 0 Å². The van der Waals surface area contributed by atoms with Gasteiger partial charge < -0.3 is 4.74 Å². The average molecular weight is 214 g/mol. The van der Waals surface area contributed by atoms with E-state index < -0.39 is 0 Å². The molecule has 1 rings (SSSR count). The van der Waals surface area contributed by atoms with Gasteiger partial charge in [0.25, 0.3) is 0 Å². The van der Waals surface area contributed by atoms with Gasteiger partial charge in [-0.2, -0.15) is 0 Å². The van der Waals surface area contributed by atoms with Crippen molar-refractivity contribution >= 4 is 0 Å². The predicted octanol–water partition coefficient (Wildman–Crippen LogP) is 1.44. The van der Waals surface area contributed by atoms with Crippen LogP contribution in [-0.2, 0) is 4.74 Å². The van der Waals surface area contributed by atoms with Crippen LogP contribution in [0, 0.1) is 0 Å². The number of ether oxygens (including phenoxy) is 1. The van der Waals surface area contributed by atoms with E-state index in [0.29, 0.717) is 6.04 Å². The average Bonchev–Trinajstić information content (AvgIpc) is 2.25. The summed E-state index contributed by atoms with van der Waals surface area (Å²) in [7, 11) is 1.78. The number of hydrogen-bond donors (Lipinski definition) is 0. The Bertz CT molecular complexity index is 173. The van der Waals surface area contributed by atoms with E-state index >= 15 is 0 Å². The Kier molecular flexibility index (Phi) is 5.58. The summed E-state index contributed by atoms with van der Waals surface area (Å²) in [6, 6.07) is 1.40. The van der Waals surface area contributed by atoms with Crippen LogP contribution in [0.5, 0.6) is 0 Å². The van der Waals surface area contributed by atoms with Gasteiger partial charge in [-0.15, -0.1) is 0 Å². The zero-order valence-corrected chi connectivity index (χ0v) is 10.7. The van der Waals surface area contributed by atoms with Crippen molar-refractivity contribution in [1.29, 1.82) is 0 Å². The quantitative estimate of drug-likeness (QED) is 0.689. The van der Waals surface area contributed by atoms with Crippen molar-refractivity contribution in [2.24, 2.45) is 0 Å². The molecule has 0 aromatic carbocycles. The third-order valence-corrected chi connectivity index (χ3v) is 3.42. The van der Waals surface area contributed by atoms with Crippen molar-refractivity contribution in [3.05, 3.63) is 0 Å². The van der Waals surface area contributed by atoms with Gasteiger partial charge in [-0.25, -0.2) is 0 Å². The summed E-state index contributed by atoms with van der Waals surface area (Å²) in [6.45, 7) is 12.4. The fourth-order valence-corrected chi connectivity index (χ4v) is 2.28. The molecule has 0 amide bonds. The first kappa shape index (κ1) is 12.9. The lowest BCUT2D eigenvalue weighted by Crippen LogP contribution is -2.55. The molecule has 1 saturated heterocycles.